The lowest BCUT2D eigenvalue weighted by Gasteiger charge is -2.11. The summed E-state index contributed by atoms with van der Waals surface area (Å²) >= 11 is 0. The number of alkyl halides is 2. The molecule has 0 spiro atoms. The highest BCUT2D eigenvalue weighted by Gasteiger charge is 2.21. The first-order valence-corrected chi connectivity index (χ1v) is 10.1. The Morgan fingerprint density at radius 1 is 1.18 bits per heavy atom. The van der Waals surface area contributed by atoms with Crippen LogP contribution in [0, 0.1) is 0 Å². The number of aromatic nitrogens is 3. The number of aromatic amines is 2. The predicted molar refractivity (Wildman–Crippen MR) is 116 cm³/mol. The second-order valence-corrected chi connectivity index (χ2v) is 7.23. The molecule has 0 aliphatic rings. The first-order chi connectivity index (χ1) is 16.0. The summed E-state index contributed by atoms with van der Waals surface area (Å²) in [6.07, 6.45) is -0.620. The number of nitrogens with zero attached hydrogens (tertiary/aromatic N) is 1. The van der Waals surface area contributed by atoms with Crippen LogP contribution in [0.1, 0.15) is 22.3 Å². The summed E-state index contributed by atoms with van der Waals surface area (Å²) in [7, 11) is 0. The summed E-state index contributed by atoms with van der Waals surface area (Å²) in [5.41, 5.74) is 1.55. The van der Waals surface area contributed by atoms with E-state index < -0.39 is 25.0 Å². The van der Waals surface area contributed by atoms with Gasteiger partial charge in [0.2, 0.25) is 0 Å². The number of halogens is 2. The second-order valence-electron chi connectivity index (χ2n) is 7.23. The first kappa shape index (κ1) is 22.3. The fourth-order valence-corrected chi connectivity index (χ4v) is 3.28. The van der Waals surface area contributed by atoms with Gasteiger partial charge in [0.1, 0.15) is 40.9 Å². The van der Waals surface area contributed by atoms with E-state index in [-0.39, 0.29) is 29.1 Å². The van der Waals surface area contributed by atoms with Crippen LogP contribution in [-0.4, -0.2) is 45.4 Å². The second kappa shape index (κ2) is 9.72. The lowest BCUT2D eigenvalue weighted by Crippen LogP contribution is -2.21. The third-order valence-electron chi connectivity index (χ3n) is 4.88. The van der Waals surface area contributed by atoms with Gasteiger partial charge in [-0.2, -0.15) is 0 Å². The summed E-state index contributed by atoms with van der Waals surface area (Å²) in [4.78, 5) is 23.2. The maximum Gasteiger partial charge on any atom is 0.264 e. The molecular formula is C23H21F2N4O4+. The number of rotatable bonds is 8. The Bertz CT molecular complexity index is 1280. The lowest BCUT2D eigenvalue weighted by atomic mass is 10.1. The molecule has 0 radical (unpaired) electrons. The van der Waals surface area contributed by atoms with E-state index in [1.807, 2.05) is 0 Å². The molecule has 1 amide bonds. The highest BCUT2D eigenvalue weighted by molar-refractivity contribution is 6.11. The molecule has 33 heavy (non-hydrogen) atoms. The Hall–Kier alpha value is -3.89. The Morgan fingerprint density at radius 3 is 2.79 bits per heavy atom. The minimum absolute atomic E-state index is 0.0989. The molecule has 0 aliphatic carbocycles. The van der Waals surface area contributed by atoms with Gasteiger partial charge in [-0.25, -0.2) is 18.7 Å². The highest BCUT2D eigenvalue weighted by atomic mass is 19.3. The van der Waals surface area contributed by atoms with Crippen LogP contribution in [0.5, 0.6) is 5.75 Å². The predicted octanol–water partition coefficient (Wildman–Crippen LogP) is 2.97. The van der Waals surface area contributed by atoms with Gasteiger partial charge in [0, 0.05) is 22.9 Å². The number of aliphatic hydroxyl groups is 2. The zero-order chi connectivity index (χ0) is 23.4. The monoisotopic (exact) mass is 455 g/mol. The minimum Gasteiger partial charge on any atom is -0.491 e. The van der Waals surface area contributed by atoms with E-state index in [1.165, 1.54) is 18.3 Å². The number of carbonyl (C=O) groups is 1. The van der Waals surface area contributed by atoms with Crippen molar-refractivity contribution in [3.05, 3.63) is 72.1 Å². The van der Waals surface area contributed by atoms with Gasteiger partial charge >= 0.3 is 0 Å². The molecule has 5 N–H and O–H groups in total. The molecular weight excluding hydrogens is 434 g/mol. The Kier molecular flexibility index (Phi) is 6.57. The van der Waals surface area contributed by atoms with E-state index in [0.717, 1.165) is 0 Å². The summed E-state index contributed by atoms with van der Waals surface area (Å²) in [5, 5.41) is 21.0. The summed E-state index contributed by atoms with van der Waals surface area (Å²) < 4.78 is 32.2. The van der Waals surface area contributed by atoms with Gasteiger partial charge in [-0.05, 0) is 12.1 Å². The maximum atomic E-state index is 13.4. The fraction of sp³-hybridized carbons (Fsp3) is 0.174. The average Bonchev–Trinajstić information content (AvgIpc) is 3.27. The molecule has 2 aromatic carbocycles. The normalized spacial score (nSPS) is 12.2. The van der Waals surface area contributed by atoms with Crippen molar-refractivity contribution in [2.24, 2.45) is 0 Å². The number of fused-ring (bicyclic) bond motifs is 1. The van der Waals surface area contributed by atoms with Crippen molar-refractivity contribution in [3.8, 4) is 17.1 Å². The minimum atomic E-state index is -2.67. The van der Waals surface area contributed by atoms with E-state index >= 15 is 0 Å². The van der Waals surface area contributed by atoms with Crippen molar-refractivity contribution < 1.29 is 33.5 Å². The van der Waals surface area contributed by atoms with E-state index in [2.05, 4.69) is 20.3 Å². The van der Waals surface area contributed by atoms with Crippen LogP contribution in [0.15, 0.2) is 60.9 Å². The van der Waals surface area contributed by atoms with Crippen LogP contribution in [0.25, 0.3) is 22.4 Å². The van der Waals surface area contributed by atoms with Gasteiger partial charge in [0.15, 0.2) is 12.4 Å². The number of amides is 1. The third-order valence-corrected chi connectivity index (χ3v) is 4.88. The molecule has 4 rings (SSSR count). The van der Waals surface area contributed by atoms with Gasteiger partial charge in [-0.1, -0.05) is 30.3 Å². The van der Waals surface area contributed by atoms with Crippen LogP contribution in [0.2, 0.25) is 0 Å². The summed E-state index contributed by atoms with van der Waals surface area (Å²) in [5.74, 6) is 0.160. The highest BCUT2D eigenvalue weighted by Crippen LogP contribution is 2.31. The number of imidazole rings is 1. The molecule has 170 valence electrons. The fourth-order valence-electron chi connectivity index (χ4n) is 3.28. The van der Waals surface area contributed by atoms with Gasteiger partial charge in [0.25, 0.3) is 12.3 Å². The number of H-pyrrole nitrogens is 2. The third kappa shape index (κ3) is 4.97. The quantitative estimate of drug-likeness (QED) is 0.326. The number of anilines is 1. The van der Waals surface area contributed by atoms with Crippen LogP contribution < -0.4 is 15.0 Å². The molecule has 2 heterocycles. The number of nitrogens with one attached hydrogen (secondary N) is 3. The van der Waals surface area contributed by atoms with Crippen molar-refractivity contribution in [2.75, 3.05) is 18.5 Å². The van der Waals surface area contributed by atoms with Gasteiger partial charge in [-0.15, -0.1) is 0 Å². The van der Waals surface area contributed by atoms with Crippen molar-refractivity contribution in [2.45, 2.75) is 12.5 Å². The SMILES string of the molecule is O=C(Nc1cccc(OC[C@@H](O)CO)c1)c1c[nH+]cc2[nH]c(-c3ccccc3C(F)F)nc12. The van der Waals surface area contributed by atoms with Crippen molar-refractivity contribution in [1.29, 1.82) is 0 Å². The van der Waals surface area contributed by atoms with Gasteiger partial charge < -0.3 is 25.3 Å². The molecule has 0 aliphatic heterocycles. The number of ether oxygens (including phenoxy) is 1. The molecule has 0 bridgehead atoms. The zero-order valence-corrected chi connectivity index (χ0v) is 17.3. The zero-order valence-electron chi connectivity index (χ0n) is 17.3. The van der Waals surface area contributed by atoms with E-state index in [9.17, 15) is 18.7 Å². The van der Waals surface area contributed by atoms with E-state index in [4.69, 9.17) is 9.84 Å². The molecule has 0 saturated heterocycles. The largest absolute Gasteiger partial charge is 0.491 e. The molecule has 0 saturated carbocycles. The van der Waals surface area contributed by atoms with Crippen LogP contribution in [0.4, 0.5) is 14.5 Å². The van der Waals surface area contributed by atoms with Crippen LogP contribution in [-0.2, 0) is 0 Å². The Balaban J connectivity index is 1.60. The molecule has 4 aromatic rings. The molecule has 2 aromatic heterocycles. The number of pyridine rings is 1. The summed E-state index contributed by atoms with van der Waals surface area (Å²) in [6.45, 7) is -0.525. The van der Waals surface area contributed by atoms with Gasteiger partial charge in [0.05, 0.1) is 6.61 Å². The number of carbonyl (C=O) groups excluding carboxylic acids is 1. The van der Waals surface area contributed by atoms with Gasteiger partial charge in [-0.3, -0.25) is 4.79 Å². The Morgan fingerprint density at radius 2 is 2.00 bits per heavy atom. The smallest absolute Gasteiger partial charge is 0.264 e. The number of hydrogen-bond donors (Lipinski definition) is 4. The van der Waals surface area contributed by atoms with Crippen molar-refractivity contribution >= 4 is 22.6 Å². The number of hydrogen-bond acceptors (Lipinski definition) is 5. The topological polar surface area (TPSA) is 122 Å². The molecule has 10 heteroatoms. The molecule has 8 nitrogen and oxygen atoms in total. The standard InChI is InChI=1S/C23H20F2N4O4/c24-21(25)16-6-1-2-7-17(16)22-28-19-10-26-9-18(20(19)29-22)23(32)27-13-4-3-5-15(8-13)33-12-14(31)11-30/h1-10,14,21,30-31H,11-12H2,(H,27,32)(H,28,29)/p+1/t14-/m0/s1. The van der Waals surface area contributed by atoms with Crippen molar-refractivity contribution in [3.63, 3.8) is 0 Å². The average molecular weight is 455 g/mol. The lowest BCUT2D eigenvalue weighted by molar-refractivity contribution is -0.376. The number of aliphatic hydroxyl groups excluding tert-OH is 2. The molecule has 0 unspecified atom stereocenters. The number of benzene rings is 2. The van der Waals surface area contributed by atoms with E-state index in [0.29, 0.717) is 22.5 Å². The van der Waals surface area contributed by atoms with Crippen LogP contribution in [0.3, 0.4) is 0 Å². The molecule has 0 fully saturated rings. The van der Waals surface area contributed by atoms with E-state index in [1.54, 1.807) is 42.6 Å². The molecule has 1 atom stereocenters. The first-order valence-electron chi connectivity index (χ1n) is 10.1. The van der Waals surface area contributed by atoms with Crippen LogP contribution >= 0.6 is 0 Å². The Labute approximate surface area is 186 Å². The summed E-state index contributed by atoms with van der Waals surface area (Å²) in [6, 6.07) is 12.6. The van der Waals surface area contributed by atoms with Crippen molar-refractivity contribution in [1.82, 2.24) is 9.97 Å². The maximum absolute atomic E-state index is 13.4.